The Hall–Kier alpha value is -2.63. The molecule has 0 radical (unpaired) electrons. The van der Waals surface area contributed by atoms with Crippen molar-refractivity contribution in [2.45, 2.75) is 40.3 Å². The number of hydrogen-bond donors (Lipinski definition) is 1. The molecule has 0 aliphatic rings. The van der Waals surface area contributed by atoms with Crippen LogP contribution in [0.1, 0.15) is 41.0 Å². The lowest BCUT2D eigenvalue weighted by molar-refractivity contribution is -0.134. The maximum absolute atomic E-state index is 13.0. The third-order valence-electron chi connectivity index (χ3n) is 5.67. The standard InChI is InChI=1S/C24H30N4O.ClH/c1-16-11-9-10-14-22(16)28-19(4)21(18(3)26-28)15-27(5)24(29)17(2)23(25)20-12-7-6-8-13-20;/h6-14,17,23H,15,25H2,1-5H3;1H. The van der Waals surface area contributed by atoms with Crippen LogP contribution in [0.5, 0.6) is 0 Å². The number of nitrogens with zero attached hydrogens (tertiary/aromatic N) is 3. The van der Waals surface area contributed by atoms with Gasteiger partial charge in [0.1, 0.15) is 0 Å². The van der Waals surface area contributed by atoms with E-state index >= 15 is 0 Å². The Kier molecular flexibility index (Phi) is 7.82. The molecule has 1 heterocycles. The quantitative estimate of drug-likeness (QED) is 0.630. The molecule has 0 saturated heterocycles. The maximum Gasteiger partial charge on any atom is 0.227 e. The van der Waals surface area contributed by atoms with Gasteiger partial charge in [-0.05, 0) is 38.0 Å². The molecule has 1 amide bonds. The molecule has 2 atom stereocenters. The van der Waals surface area contributed by atoms with Crippen LogP contribution in [0.15, 0.2) is 54.6 Å². The zero-order valence-corrected chi connectivity index (χ0v) is 19.1. The molecule has 2 unspecified atom stereocenters. The molecule has 3 rings (SSSR count). The molecule has 160 valence electrons. The first kappa shape index (κ1) is 23.6. The van der Waals surface area contributed by atoms with Crippen molar-refractivity contribution in [3.05, 3.63) is 82.7 Å². The van der Waals surface area contributed by atoms with Gasteiger partial charge in [0.2, 0.25) is 5.91 Å². The highest BCUT2D eigenvalue weighted by Crippen LogP contribution is 2.24. The van der Waals surface area contributed by atoms with Crippen LogP contribution >= 0.6 is 12.4 Å². The van der Waals surface area contributed by atoms with E-state index in [0.29, 0.717) is 6.54 Å². The van der Waals surface area contributed by atoms with E-state index in [1.165, 1.54) is 0 Å². The average molecular weight is 427 g/mol. The van der Waals surface area contributed by atoms with E-state index in [4.69, 9.17) is 10.8 Å². The molecule has 2 N–H and O–H groups in total. The number of rotatable bonds is 6. The fourth-order valence-electron chi connectivity index (χ4n) is 3.72. The average Bonchev–Trinajstić information content (AvgIpc) is 3.01. The van der Waals surface area contributed by atoms with Gasteiger partial charge in [-0.3, -0.25) is 4.79 Å². The van der Waals surface area contributed by atoms with E-state index in [-0.39, 0.29) is 30.3 Å². The number of aromatic nitrogens is 2. The number of amides is 1. The summed E-state index contributed by atoms with van der Waals surface area (Å²) in [6, 6.07) is 17.6. The summed E-state index contributed by atoms with van der Waals surface area (Å²) < 4.78 is 1.97. The van der Waals surface area contributed by atoms with Crippen molar-refractivity contribution < 1.29 is 4.79 Å². The second kappa shape index (κ2) is 9.92. The molecule has 0 saturated carbocycles. The Morgan fingerprint density at radius 1 is 1.07 bits per heavy atom. The zero-order valence-electron chi connectivity index (χ0n) is 18.3. The molecule has 3 aromatic rings. The molecule has 0 spiro atoms. The molecule has 6 heteroatoms. The van der Waals surface area contributed by atoms with Crippen molar-refractivity contribution in [2.75, 3.05) is 7.05 Å². The molecule has 0 bridgehead atoms. The Balaban J connectivity index is 0.00000320. The van der Waals surface area contributed by atoms with Gasteiger partial charge in [0.15, 0.2) is 0 Å². The number of hydrogen-bond acceptors (Lipinski definition) is 3. The molecule has 5 nitrogen and oxygen atoms in total. The molecule has 30 heavy (non-hydrogen) atoms. The van der Waals surface area contributed by atoms with Crippen molar-refractivity contribution in [1.29, 1.82) is 0 Å². The molecule has 0 aliphatic carbocycles. The van der Waals surface area contributed by atoms with Crippen LogP contribution in [0.3, 0.4) is 0 Å². The third-order valence-corrected chi connectivity index (χ3v) is 5.67. The number of aryl methyl sites for hydroxylation is 2. The first-order valence-corrected chi connectivity index (χ1v) is 9.97. The summed E-state index contributed by atoms with van der Waals surface area (Å²) in [5.74, 6) is -0.279. The van der Waals surface area contributed by atoms with Crippen LogP contribution in [0.4, 0.5) is 0 Å². The molecular weight excluding hydrogens is 396 g/mol. The van der Waals surface area contributed by atoms with Crippen molar-refractivity contribution >= 4 is 18.3 Å². The largest absolute Gasteiger partial charge is 0.341 e. The SMILES string of the molecule is Cc1ccccc1-n1nc(C)c(CN(C)C(=O)C(C)C(N)c2ccccc2)c1C.Cl. The predicted molar refractivity (Wildman–Crippen MR) is 124 cm³/mol. The second-order valence-corrected chi connectivity index (χ2v) is 7.77. The van der Waals surface area contributed by atoms with Crippen LogP contribution in [-0.2, 0) is 11.3 Å². The van der Waals surface area contributed by atoms with Gasteiger partial charge in [-0.1, -0.05) is 55.5 Å². The number of para-hydroxylation sites is 1. The fourth-order valence-corrected chi connectivity index (χ4v) is 3.72. The minimum Gasteiger partial charge on any atom is -0.341 e. The van der Waals surface area contributed by atoms with Crippen LogP contribution in [0.25, 0.3) is 5.69 Å². The molecule has 1 aromatic heterocycles. The lowest BCUT2D eigenvalue weighted by atomic mass is 9.94. The highest BCUT2D eigenvalue weighted by Gasteiger charge is 2.26. The van der Waals surface area contributed by atoms with Crippen molar-refractivity contribution in [3.63, 3.8) is 0 Å². The van der Waals surface area contributed by atoms with E-state index in [0.717, 1.165) is 33.8 Å². The van der Waals surface area contributed by atoms with Crippen molar-refractivity contribution in [3.8, 4) is 5.69 Å². The smallest absolute Gasteiger partial charge is 0.227 e. The topological polar surface area (TPSA) is 64.2 Å². The summed E-state index contributed by atoms with van der Waals surface area (Å²) in [6.07, 6.45) is 0. The lowest BCUT2D eigenvalue weighted by Gasteiger charge is -2.25. The minimum absolute atomic E-state index is 0. The predicted octanol–water partition coefficient (Wildman–Crippen LogP) is 4.51. The summed E-state index contributed by atoms with van der Waals surface area (Å²) in [6.45, 7) is 8.53. The summed E-state index contributed by atoms with van der Waals surface area (Å²) >= 11 is 0. The summed E-state index contributed by atoms with van der Waals surface area (Å²) in [4.78, 5) is 14.8. The van der Waals surface area contributed by atoms with E-state index in [1.54, 1.807) is 4.90 Å². The number of benzene rings is 2. The fraction of sp³-hybridized carbons (Fsp3) is 0.333. The second-order valence-electron chi connectivity index (χ2n) is 7.77. The zero-order chi connectivity index (χ0) is 21.1. The maximum atomic E-state index is 13.0. The first-order chi connectivity index (χ1) is 13.8. The van der Waals surface area contributed by atoms with Crippen molar-refractivity contribution in [1.82, 2.24) is 14.7 Å². The van der Waals surface area contributed by atoms with Crippen LogP contribution in [-0.4, -0.2) is 27.6 Å². The Morgan fingerprint density at radius 2 is 1.67 bits per heavy atom. The Bertz CT molecular complexity index is 1000. The van der Waals surface area contributed by atoms with Gasteiger partial charge in [0.05, 0.1) is 17.3 Å². The number of nitrogens with two attached hydrogens (primary N) is 1. The highest BCUT2D eigenvalue weighted by atomic mass is 35.5. The van der Waals surface area contributed by atoms with Gasteiger partial charge < -0.3 is 10.6 Å². The van der Waals surface area contributed by atoms with Crippen molar-refractivity contribution in [2.24, 2.45) is 11.7 Å². The van der Waals surface area contributed by atoms with E-state index in [9.17, 15) is 4.79 Å². The minimum atomic E-state index is -0.331. The lowest BCUT2D eigenvalue weighted by Crippen LogP contribution is -2.36. The molecular formula is C24H31ClN4O. The number of carbonyl (C=O) groups excluding carboxylic acids is 1. The van der Waals surface area contributed by atoms with Crippen LogP contribution in [0.2, 0.25) is 0 Å². The number of halogens is 1. The summed E-state index contributed by atoms with van der Waals surface area (Å²) in [7, 11) is 1.83. The molecule has 0 aliphatic heterocycles. The number of carbonyl (C=O) groups is 1. The van der Waals surface area contributed by atoms with Gasteiger partial charge in [-0.25, -0.2) is 4.68 Å². The van der Waals surface area contributed by atoms with Gasteiger partial charge in [0.25, 0.3) is 0 Å². The summed E-state index contributed by atoms with van der Waals surface area (Å²) in [5.41, 5.74) is 12.6. The van der Waals surface area contributed by atoms with E-state index in [2.05, 4.69) is 26.0 Å². The van der Waals surface area contributed by atoms with Crippen LogP contribution < -0.4 is 5.73 Å². The Labute approximate surface area is 185 Å². The first-order valence-electron chi connectivity index (χ1n) is 9.97. The van der Waals surface area contributed by atoms with Gasteiger partial charge in [0, 0.05) is 30.9 Å². The van der Waals surface area contributed by atoms with Gasteiger partial charge in [-0.15, -0.1) is 12.4 Å². The normalized spacial score (nSPS) is 12.7. The van der Waals surface area contributed by atoms with Gasteiger partial charge >= 0.3 is 0 Å². The third kappa shape index (κ3) is 4.74. The van der Waals surface area contributed by atoms with Crippen LogP contribution in [0, 0.1) is 26.7 Å². The Morgan fingerprint density at radius 3 is 2.30 bits per heavy atom. The van der Waals surface area contributed by atoms with Gasteiger partial charge in [-0.2, -0.15) is 5.10 Å². The molecule has 0 fully saturated rings. The van der Waals surface area contributed by atoms with E-state index < -0.39 is 0 Å². The molecule has 2 aromatic carbocycles. The summed E-state index contributed by atoms with van der Waals surface area (Å²) in [5, 5.41) is 4.74. The van der Waals surface area contributed by atoms with E-state index in [1.807, 2.05) is 68.0 Å². The monoisotopic (exact) mass is 426 g/mol. The highest BCUT2D eigenvalue weighted by molar-refractivity contribution is 5.85.